The summed E-state index contributed by atoms with van der Waals surface area (Å²) >= 11 is 1.35. The standard InChI is InChI=1S/C28H27N3O6S/c1-31-25(15-6-8-16(34-2)9-7-15)24(18-13-21(36-4)22(37-5)14-19(18)27(31)33)26(32)30-28-29-20-11-10-17(35-3)12-23(20)38-28/h6-14,24-25H,1-5H3,(H,29,30,32)/t24-,25+/m0/s1. The molecular formula is C28H27N3O6S. The first-order chi connectivity index (χ1) is 18.4. The van der Waals surface area contributed by atoms with Gasteiger partial charge in [-0.25, -0.2) is 4.98 Å². The van der Waals surface area contributed by atoms with E-state index in [1.165, 1.54) is 25.6 Å². The number of likely N-dealkylation sites (N-methyl/N-ethyl adjacent to an activating group) is 1. The highest BCUT2D eigenvalue weighted by Crippen LogP contribution is 2.46. The highest BCUT2D eigenvalue weighted by molar-refractivity contribution is 7.22. The molecule has 0 aliphatic carbocycles. The molecule has 9 nitrogen and oxygen atoms in total. The minimum atomic E-state index is -0.762. The Hall–Kier alpha value is -4.31. The van der Waals surface area contributed by atoms with E-state index in [9.17, 15) is 9.59 Å². The van der Waals surface area contributed by atoms with Crippen LogP contribution < -0.4 is 24.3 Å². The third-order valence-electron chi connectivity index (χ3n) is 6.74. The van der Waals surface area contributed by atoms with E-state index in [4.69, 9.17) is 18.9 Å². The molecule has 1 aliphatic heterocycles. The van der Waals surface area contributed by atoms with Crippen LogP contribution in [0, 0.1) is 0 Å². The molecule has 0 spiro atoms. The summed E-state index contributed by atoms with van der Waals surface area (Å²) < 4.78 is 22.5. The highest BCUT2D eigenvalue weighted by Gasteiger charge is 2.44. The van der Waals surface area contributed by atoms with Crippen molar-refractivity contribution in [2.45, 2.75) is 12.0 Å². The highest BCUT2D eigenvalue weighted by atomic mass is 32.1. The van der Waals surface area contributed by atoms with Crippen LogP contribution in [0.2, 0.25) is 0 Å². The zero-order valence-electron chi connectivity index (χ0n) is 21.6. The number of methoxy groups -OCH3 is 4. The lowest BCUT2D eigenvalue weighted by molar-refractivity contribution is -0.119. The fourth-order valence-corrected chi connectivity index (χ4v) is 5.71. The van der Waals surface area contributed by atoms with Gasteiger partial charge in [0.05, 0.1) is 50.6 Å². The molecule has 0 fully saturated rings. The smallest absolute Gasteiger partial charge is 0.254 e. The molecule has 10 heteroatoms. The topological polar surface area (TPSA) is 99.2 Å². The van der Waals surface area contributed by atoms with E-state index in [-0.39, 0.29) is 11.8 Å². The van der Waals surface area contributed by atoms with Crippen LogP contribution in [0.25, 0.3) is 10.2 Å². The Balaban J connectivity index is 1.62. The van der Waals surface area contributed by atoms with E-state index in [0.717, 1.165) is 15.8 Å². The second kappa shape index (κ2) is 10.2. The maximum Gasteiger partial charge on any atom is 0.254 e. The number of amides is 2. The molecule has 5 rings (SSSR count). The van der Waals surface area contributed by atoms with E-state index in [0.29, 0.717) is 39.3 Å². The zero-order chi connectivity index (χ0) is 27.0. The molecule has 2 atom stereocenters. The molecule has 2 heterocycles. The van der Waals surface area contributed by atoms with Gasteiger partial charge in [-0.2, -0.15) is 0 Å². The maximum atomic E-state index is 14.0. The van der Waals surface area contributed by atoms with Crippen molar-refractivity contribution in [3.05, 3.63) is 71.3 Å². The number of carbonyl (C=O) groups excluding carboxylic acids is 2. The Morgan fingerprint density at radius 3 is 2.21 bits per heavy atom. The van der Waals surface area contributed by atoms with Crippen LogP contribution in [0.15, 0.2) is 54.6 Å². The minimum absolute atomic E-state index is 0.224. The first-order valence-electron chi connectivity index (χ1n) is 11.8. The van der Waals surface area contributed by atoms with Crippen molar-refractivity contribution < 1.29 is 28.5 Å². The molecule has 0 unspecified atom stereocenters. The number of carbonyl (C=O) groups is 2. The predicted octanol–water partition coefficient (Wildman–Crippen LogP) is 4.88. The molecule has 3 aromatic carbocycles. The van der Waals surface area contributed by atoms with E-state index in [2.05, 4.69) is 10.3 Å². The van der Waals surface area contributed by atoms with Gasteiger partial charge in [-0.1, -0.05) is 23.5 Å². The Kier molecular flexibility index (Phi) is 6.81. The molecular weight excluding hydrogens is 506 g/mol. The number of anilines is 1. The van der Waals surface area contributed by atoms with Gasteiger partial charge in [0.2, 0.25) is 5.91 Å². The lowest BCUT2D eigenvalue weighted by Gasteiger charge is -2.40. The second-order valence-electron chi connectivity index (χ2n) is 8.75. The summed E-state index contributed by atoms with van der Waals surface area (Å²) in [5.74, 6) is 0.944. The van der Waals surface area contributed by atoms with Crippen LogP contribution in [-0.4, -0.2) is 57.2 Å². The molecule has 0 saturated carbocycles. The quantitative estimate of drug-likeness (QED) is 0.362. The number of ether oxygens (including phenoxy) is 4. The van der Waals surface area contributed by atoms with Crippen LogP contribution in [-0.2, 0) is 4.79 Å². The van der Waals surface area contributed by atoms with Gasteiger partial charge in [0.25, 0.3) is 5.91 Å². The van der Waals surface area contributed by atoms with E-state index < -0.39 is 12.0 Å². The molecule has 1 aliphatic rings. The van der Waals surface area contributed by atoms with Crippen molar-refractivity contribution in [2.75, 3.05) is 40.8 Å². The fraction of sp³-hybridized carbons (Fsp3) is 0.250. The van der Waals surface area contributed by atoms with Gasteiger partial charge in [-0.3, -0.25) is 9.59 Å². The number of rotatable bonds is 7. The summed E-state index contributed by atoms with van der Waals surface area (Å²) in [6.07, 6.45) is 0. The van der Waals surface area contributed by atoms with E-state index in [1.54, 1.807) is 38.3 Å². The lowest BCUT2D eigenvalue weighted by atomic mass is 9.79. The molecule has 4 aromatic rings. The number of hydrogen-bond donors (Lipinski definition) is 1. The molecule has 0 bridgehead atoms. The van der Waals surface area contributed by atoms with Crippen molar-refractivity contribution in [3.63, 3.8) is 0 Å². The van der Waals surface area contributed by atoms with Gasteiger partial charge in [-0.15, -0.1) is 0 Å². The number of fused-ring (bicyclic) bond motifs is 2. The monoisotopic (exact) mass is 533 g/mol. The van der Waals surface area contributed by atoms with Gasteiger partial charge in [0.15, 0.2) is 16.6 Å². The first kappa shape index (κ1) is 25.3. The minimum Gasteiger partial charge on any atom is -0.497 e. The first-order valence-corrected chi connectivity index (χ1v) is 12.6. The van der Waals surface area contributed by atoms with E-state index in [1.807, 2.05) is 42.5 Å². The van der Waals surface area contributed by atoms with Crippen LogP contribution in [0.1, 0.15) is 33.4 Å². The molecule has 196 valence electrons. The third-order valence-corrected chi connectivity index (χ3v) is 7.67. The Morgan fingerprint density at radius 1 is 0.895 bits per heavy atom. The molecule has 0 saturated heterocycles. The summed E-state index contributed by atoms with van der Waals surface area (Å²) in [6, 6.07) is 15.7. The predicted molar refractivity (Wildman–Crippen MR) is 145 cm³/mol. The lowest BCUT2D eigenvalue weighted by Crippen LogP contribution is -2.44. The number of nitrogens with zero attached hydrogens (tertiary/aromatic N) is 2. The summed E-state index contributed by atoms with van der Waals surface area (Å²) in [5, 5.41) is 3.45. The van der Waals surface area contributed by atoms with Crippen LogP contribution >= 0.6 is 11.3 Å². The van der Waals surface area contributed by atoms with Crippen molar-refractivity contribution in [2.24, 2.45) is 0 Å². The molecule has 0 radical (unpaired) electrons. The number of benzene rings is 3. The van der Waals surface area contributed by atoms with E-state index >= 15 is 0 Å². The van der Waals surface area contributed by atoms with Crippen LogP contribution in [0.3, 0.4) is 0 Å². The largest absolute Gasteiger partial charge is 0.497 e. The van der Waals surface area contributed by atoms with Crippen LogP contribution in [0.4, 0.5) is 5.13 Å². The average Bonchev–Trinajstić information content (AvgIpc) is 3.35. The molecule has 1 aromatic heterocycles. The zero-order valence-corrected chi connectivity index (χ0v) is 22.4. The Bertz CT molecular complexity index is 1520. The van der Waals surface area contributed by atoms with Gasteiger partial charge in [0, 0.05) is 12.6 Å². The Morgan fingerprint density at radius 2 is 1.55 bits per heavy atom. The van der Waals surface area contributed by atoms with Gasteiger partial charge in [0.1, 0.15) is 11.5 Å². The Labute approximate surface area is 223 Å². The number of hydrogen-bond acceptors (Lipinski definition) is 8. The SMILES string of the molecule is COc1ccc([C@@H]2[C@@H](C(=O)Nc3nc4ccc(OC)cc4s3)c3cc(OC)c(OC)cc3C(=O)N2C)cc1. The van der Waals surface area contributed by atoms with Gasteiger partial charge in [-0.05, 0) is 53.6 Å². The number of aromatic nitrogens is 1. The van der Waals surface area contributed by atoms with Crippen molar-refractivity contribution >= 4 is 38.5 Å². The number of nitrogens with one attached hydrogen (secondary N) is 1. The van der Waals surface area contributed by atoms with Gasteiger partial charge >= 0.3 is 0 Å². The average molecular weight is 534 g/mol. The van der Waals surface area contributed by atoms with Crippen molar-refractivity contribution in [3.8, 4) is 23.0 Å². The summed E-state index contributed by atoms with van der Waals surface area (Å²) in [4.78, 5) is 33.8. The maximum absolute atomic E-state index is 14.0. The second-order valence-corrected chi connectivity index (χ2v) is 9.78. The summed E-state index contributed by atoms with van der Waals surface area (Å²) in [6.45, 7) is 0. The van der Waals surface area contributed by atoms with Crippen LogP contribution in [0.5, 0.6) is 23.0 Å². The number of thiazole rings is 1. The summed E-state index contributed by atoms with van der Waals surface area (Å²) in [5.41, 5.74) is 2.47. The van der Waals surface area contributed by atoms with Crippen molar-refractivity contribution in [1.29, 1.82) is 0 Å². The van der Waals surface area contributed by atoms with Crippen molar-refractivity contribution in [1.82, 2.24) is 9.88 Å². The summed E-state index contributed by atoms with van der Waals surface area (Å²) in [7, 11) is 7.91. The molecule has 1 N–H and O–H groups in total. The molecule has 2 amide bonds. The van der Waals surface area contributed by atoms with Gasteiger partial charge < -0.3 is 29.2 Å². The fourth-order valence-electron chi connectivity index (χ4n) is 4.82. The normalized spacial score (nSPS) is 16.7. The third kappa shape index (κ3) is 4.37. The molecule has 38 heavy (non-hydrogen) atoms.